The molecule has 0 heterocycles. The maximum Gasteiger partial charge on any atom is 0.243 e. The number of rotatable bonds is 5. The highest BCUT2D eigenvalue weighted by atomic mass is 32.2. The lowest BCUT2D eigenvalue weighted by atomic mass is 10.1. The van der Waals surface area contributed by atoms with E-state index in [1.165, 1.54) is 4.31 Å². The van der Waals surface area contributed by atoms with Gasteiger partial charge in [-0.2, -0.15) is 4.31 Å². The zero-order chi connectivity index (χ0) is 18.3. The topological polar surface area (TPSA) is 92.7 Å². The standard InChI is InChI=1S/C15H21N3O2S.C2H7N/c1-17(2)14-8-4-7-13-12(14)6-5-9-15(13)21(19,20)18(3)11-10-16;1-2-3/h4-9H,10-11,16H2,1-3H3;2-3H2,1H3. The largest absolute Gasteiger partial charge is 0.377 e. The summed E-state index contributed by atoms with van der Waals surface area (Å²) in [6, 6.07) is 11.0. The van der Waals surface area contributed by atoms with Crippen LogP contribution in [0, 0.1) is 0 Å². The Hall–Kier alpha value is -1.67. The number of fused-ring (bicyclic) bond motifs is 1. The van der Waals surface area contributed by atoms with Crippen LogP contribution in [-0.4, -0.2) is 53.5 Å². The molecule has 0 fully saturated rings. The number of nitrogens with two attached hydrogens (primary N) is 2. The molecular weight excluding hydrogens is 324 g/mol. The average Bonchev–Trinajstić information content (AvgIpc) is 2.54. The van der Waals surface area contributed by atoms with Gasteiger partial charge < -0.3 is 16.4 Å². The molecule has 24 heavy (non-hydrogen) atoms. The minimum Gasteiger partial charge on any atom is -0.377 e. The number of likely N-dealkylation sites (N-methyl/N-ethyl adjacent to an activating group) is 1. The normalized spacial score (nSPS) is 11.3. The maximum atomic E-state index is 12.7. The third kappa shape index (κ3) is 4.45. The predicted molar refractivity (Wildman–Crippen MR) is 102 cm³/mol. The van der Waals surface area contributed by atoms with Crippen LogP contribution in [0.15, 0.2) is 41.3 Å². The van der Waals surface area contributed by atoms with E-state index >= 15 is 0 Å². The van der Waals surface area contributed by atoms with Crippen LogP contribution in [0.2, 0.25) is 0 Å². The van der Waals surface area contributed by atoms with E-state index in [-0.39, 0.29) is 0 Å². The third-order valence-electron chi connectivity index (χ3n) is 3.47. The van der Waals surface area contributed by atoms with Gasteiger partial charge in [0.15, 0.2) is 0 Å². The Morgan fingerprint density at radius 3 is 2.04 bits per heavy atom. The summed E-state index contributed by atoms with van der Waals surface area (Å²) in [5.41, 5.74) is 11.3. The highest BCUT2D eigenvalue weighted by Crippen LogP contribution is 2.31. The van der Waals surface area contributed by atoms with Crippen molar-refractivity contribution in [3.8, 4) is 0 Å². The highest BCUT2D eigenvalue weighted by Gasteiger charge is 2.22. The maximum absolute atomic E-state index is 12.7. The van der Waals surface area contributed by atoms with E-state index in [9.17, 15) is 8.42 Å². The smallest absolute Gasteiger partial charge is 0.243 e. The monoisotopic (exact) mass is 352 g/mol. The number of sulfonamides is 1. The quantitative estimate of drug-likeness (QED) is 0.850. The molecule has 0 atom stereocenters. The van der Waals surface area contributed by atoms with Gasteiger partial charge >= 0.3 is 0 Å². The van der Waals surface area contributed by atoms with Crippen LogP contribution in [0.1, 0.15) is 6.92 Å². The fraction of sp³-hybridized carbons (Fsp3) is 0.412. The van der Waals surface area contributed by atoms with Gasteiger partial charge in [0.1, 0.15) is 0 Å². The van der Waals surface area contributed by atoms with E-state index in [0.29, 0.717) is 18.0 Å². The van der Waals surface area contributed by atoms with E-state index in [1.54, 1.807) is 19.2 Å². The summed E-state index contributed by atoms with van der Waals surface area (Å²) < 4.78 is 26.6. The molecule has 134 valence electrons. The predicted octanol–water partition coefficient (Wildman–Crippen LogP) is 1.45. The Balaban J connectivity index is 0.000000891. The van der Waals surface area contributed by atoms with Crippen molar-refractivity contribution in [1.29, 1.82) is 0 Å². The third-order valence-corrected chi connectivity index (χ3v) is 5.39. The first-order valence-corrected chi connectivity index (χ1v) is 9.30. The summed E-state index contributed by atoms with van der Waals surface area (Å²) in [4.78, 5) is 2.29. The fourth-order valence-corrected chi connectivity index (χ4v) is 3.74. The summed E-state index contributed by atoms with van der Waals surface area (Å²) in [5, 5.41) is 1.65. The van der Waals surface area contributed by atoms with Crippen molar-refractivity contribution in [1.82, 2.24) is 4.31 Å². The van der Waals surface area contributed by atoms with Crippen molar-refractivity contribution < 1.29 is 8.42 Å². The van der Waals surface area contributed by atoms with Gasteiger partial charge in [-0.05, 0) is 18.7 Å². The van der Waals surface area contributed by atoms with Gasteiger partial charge in [0.25, 0.3) is 0 Å². The lowest BCUT2D eigenvalue weighted by Gasteiger charge is -2.20. The molecule has 4 N–H and O–H groups in total. The molecule has 0 amide bonds. The summed E-state index contributed by atoms with van der Waals surface area (Å²) in [7, 11) is 1.90. The Kier molecular flexibility index (Phi) is 7.62. The van der Waals surface area contributed by atoms with Crippen molar-refractivity contribution in [2.75, 3.05) is 45.7 Å². The van der Waals surface area contributed by atoms with Gasteiger partial charge in [-0.1, -0.05) is 31.2 Å². The molecule has 0 aliphatic rings. The number of hydrogen-bond acceptors (Lipinski definition) is 5. The van der Waals surface area contributed by atoms with Gasteiger partial charge in [-0.15, -0.1) is 0 Å². The summed E-state index contributed by atoms with van der Waals surface area (Å²) in [5.74, 6) is 0. The number of hydrogen-bond donors (Lipinski definition) is 2. The second kappa shape index (κ2) is 8.98. The van der Waals surface area contributed by atoms with Crippen molar-refractivity contribution in [3.63, 3.8) is 0 Å². The van der Waals surface area contributed by atoms with E-state index in [1.807, 2.05) is 50.2 Å². The van der Waals surface area contributed by atoms with Crippen LogP contribution in [0.5, 0.6) is 0 Å². The fourth-order valence-electron chi connectivity index (χ4n) is 2.35. The summed E-state index contributed by atoms with van der Waals surface area (Å²) >= 11 is 0. The zero-order valence-corrected chi connectivity index (χ0v) is 15.7. The second-order valence-electron chi connectivity index (χ2n) is 5.55. The van der Waals surface area contributed by atoms with Crippen LogP contribution < -0.4 is 16.4 Å². The molecule has 7 heteroatoms. The van der Waals surface area contributed by atoms with Crippen molar-refractivity contribution in [2.45, 2.75) is 11.8 Å². The zero-order valence-electron chi connectivity index (χ0n) is 14.9. The molecular formula is C17H28N4O2S. The molecule has 0 saturated heterocycles. The molecule has 0 aromatic heterocycles. The van der Waals surface area contributed by atoms with Gasteiger partial charge in [0.2, 0.25) is 10.0 Å². The van der Waals surface area contributed by atoms with Crippen LogP contribution in [0.4, 0.5) is 5.69 Å². The lowest BCUT2D eigenvalue weighted by Crippen LogP contribution is -2.31. The van der Waals surface area contributed by atoms with Crippen LogP contribution in [0.25, 0.3) is 10.8 Å². The second-order valence-corrected chi connectivity index (χ2v) is 7.56. The first-order chi connectivity index (χ1) is 11.3. The molecule has 0 spiro atoms. The molecule has 6 nitrogen and oxygen atoms in total. The van der Waals surface area contributed by atoms with Crippen LogP contribution in [0.3, 0.4) is 0 Å². The molecule has 0 radical (unpaired) electrons. The molecule has 2 aromatic carbocycles. The van der Waals surface area contributed by atoms with Crippen molar-refractivity contribution in [3.05, 3.63) is 36.4 Å². The number of anilines is 1. The molecule has 0 unspecified atom stereocenters. The highest BCUT2D eigenvalue weighted by molar-refractivity contribution is 7.89. The van der Waals surface area contributed by atoms with Crippen molar-refractivity contribution in [2.24, 2.45) is 11.5 Å². The van der Waals surface area contributed by atoms with E-state index < -0.39 is 10.0 Å². The molecule has 2 rings (SSSR count). The Labute approximate surface area is 145 Å². The Bertz CT molecular complexity index is 760. The van der Waals surface area contributed by atoms with Gasteiger partial charge in [0.05, 0.1) is 4.90 Å². The number of benzene rings is 2. The lowest BCUT2D eigenvalue weighted by molar-refractivity contribution is 0.477. The summed E-state index contributed by atoms with van der Waals surface area (Å²) in [6.07, 6.45) is 0. The Morgan fingerprint density at radius 1 is 0.958 bits per heavy atom. The van der Waals surface area contributed by atoms with Crippen LogP contribution >= 0.6 is 0 Å². The van der Waals surface area contributed by atoms with Gasteiger partial charge in [-0.25, -0.2) is 8.42 Å². The molecule has 0 aliphatic carbocycles. The van der Waals surface area contributed by atoms with E-state index in [2.05, 4.69) is 0 Å². The van der Waals surface area contributed by atoms with E-state index in [0.717, 1.165) is 23.0 Å². The first kappa shape index (κ1) is 20.4. The van der Waals surface area contributed by atoms with E-state index in [4.69, 9.17) is 11.5 Å². The van der Waals surface area contributed by atoms with Crippen LogP contribution in [-0.2, 0) is 10.0 Å². The SMILES string of the molecule is CCN.CN(C)c1cccc2c(S(=O)(=O)N(C)CCN)cccc12. The minimum absolute atomic E-state index is 0.295. The molecule has 0 aliphatic heterocycles. The molecule has 2 aromatic rings. The molecule has 0 bridgehead atoms. The van der Waals surface area contributed by atoms with Gasteiger partial charge in [0, 0.05) is 50.7 Å². The van der Waals surface area contributed by atoms with Gasteiger partial charge in [-0.3, -0.25) is 0 Å². The number of nitrogens with zero attached hydrogens (tertiary/aromatic N) is 2. The van der Waals surface area contributed by atoms with Crippen molar-refractivity contribution >= 4 is 26.5 Å². The Morgan fingerprint density at radius 2 is 1.50 bits per heavy atom. The summed E-state index contributed by atoms with van der Waals surface area (Å²) in [6.45, 7) is 3.25. The average molecular weight is 353 g/mol. The first-order valence-electron chi connectivity index (χ1n) is 7.86. The minimum atomic E-state index is -3.54. The molecule has 0 saturated carbocycles.